The monoisotopic (exact) mass is 377 g/mol. The van der Waals surface area contributed by atoms with Crippen molar-refractivity contribution in [2.24, 2.45) is 5.92 Å². The van der Waals surface area contributed by atoms with Crippen molar-refractivity contribution in [3.63, 3.8) is 0 Å². The van der Waals surface area contributed by atoms with Gasteiger partial charge in [0.05, 0.1) is 22.2 Å². The maximum absolute atomic E-state index is 12.7. The quantitative estimate of drug-likeness (QED) is 0.465. The molecule has 2 aromatic rings. The second kappa shape index (κ2) is 7.11. The van der Waals surface area contributed by atoms with Gasteiger partial charge in [0.15, 0.2) is 0 Å². The number of carbonyl (C=O) groups excluding carboxylic acids is 1. The minimum Gasteiger partial charge on any atom is -0.377 e. The zero-order valence-electron chi connectivity index (χ0n) is 15.9. The van der Waals surface area contributed by atoms with Crippen LogP contribution in [0.5, 0.6) is 0 Å². The van der Waals surface area contributed by atoms with Crippen molar-refractivity contribution in [1.29, 1.82) is 0 Å². The molecule has 0 saturated heterocycles. The third-order valence-electron chi connectivity index (χ3n) is 5.50. The van der Waals surface area contributed by atoms with Gasteiger partial charge >= 0.3 is 0 Å². The van der Waals surface area contributed by atoms with Crippen LogP contribution in [0.2, 0.25) is 0 Å². The summed E-state index contributed by atoms with van der Waals surface area (Å²) in [6, 6.07) is 12.5. The Morgan fingerprint density at radius 2 is 2.04 bits per heavy atom. The summed E-state index contributed by atoms with van der Waals surface area (Å²) in [6.07, 6.45) is 5.25. The Labute approximate surface area is 163 Å². The molecule has 1 aliphatic carbocycles. The highest BCUT2D eigenvalue weighted by Gasteiger charge is 2.39. The van der Waals surface area contributed by atoms with Gasteiger partial charge in [-0.15, -0.1) is 0 Å². The molecule has 4 rings (SSSR count). The van der Waals surface area contributed by atoms with Crippen LogP contribution in [-0.4, -0.2) is 16.9 Å². The third kappa shape index (κ3) is 3.15. The fourth-order valence-corrected chi connectivity index (χ4v) is 4.31. The second-order valence-corrected chi connectivity index (χ2v) is 7.73. The summed E-state index contributed by atoms with van der Waals surface area (Å²) in [4.78, 5) is 23.6. The van der Waals surface area contributed by atoms with Gasteiger partial charge in [-0.3, -0.25) is 14.9 Å². The molecule has 3 unspecified atom stereocenters. The van der Waals surface area contributed by atoms with Crippen LogP contribution >= 0.6 is 0 Å². The van der Waals surface area contributed by atoms with E-state index in [2.05, 4.69) is 28.9 Å². The van der Waals surface area contributed by atoms with Crippen molar-refractivity contribution in [1.82, 2.24) is 5.32 Å². The Balaban J connectivity index is 1.78. The van der Waals surface area contributed by atoms with Gasteiger partial charge < -0.3 is 10.6 Å². The molecule has 0 radical (unpaired) electrons. The Kier molecular flexibility index (Phi) is 4.63. The number of benzene rings is 2. The van der Waals surface area contributed by atoms with Crippen LogP contribution in [0.1, 0.15) is 53.7 Å². The van der Waals surface area contributed by atoms with Crippen LogP contribution in [0.3, 0.4) is 0 Å². The van der Waals surface area contributed by atoms with Gasteiger partial charge in [0.1, 0.15) is 0 Å². The van der Waals surface area contributed by atoms with E-state index in [1.54, 1.807) is 12.1 Å². The number of anilines is 1. The lowest BCUT2D eigenvalue weighted by Gasteiger charge is -2.38. The van der Waals surface area contributed by atoms with Crippen molar-refractivity contribution < 1.29 is 9.72 Å². The highest BCUT2D eigenvalue weighted by atomic mass is 16.6. The molecule has 0 fully saturated rings. The van der Waals surface area contributed by atoms with Crippen molar-refractivity contribution >= 4 is 17.3 Å². The molecule has 144 valence electrons. The Morgan fingerprint density at radius 1 is 1.25 bits per heavy atom. The lowest BCUT2D eigenvalue weighted by molar-refractivity contribution is -0.384. The number of para-hydroxylation sites is 1. The SMILES string of the molecule is CC(C)NC(=O)c1cccc2c1NC(c1cccc([N+](=O)[O-])c1)C1CC=CC21. The van der Waals surface area contributed by atoms with E-state index in [0.29, 0.717) is 5.56 Å². The first-order valence-corrected chi connectivity index (χ1v) is 9.57. The van der Waals surface area contributed by atoms with Crippen LogP contribution in [-0.2, 0) is 0 Å². The minimum absolute atomic E-state index is 0.0404. The van der Waals surface area contributed by atoms with Gasteiger partial charge in [0.2, 0.25) is 0 Å². The number of hydrogen-bond donors (Lipinski definition) is 2. The van der Waals surface area contributed by atoms with Crippen LogP contribution in [0.25, 0.3) is 0 Å². The molecule has 2 aliphatic rings. The number of fused-ring (bicyclic) bond motifs is 3. The third-order valence-corrected chi connectivity index (χ3v) is 5.50. The zero-order chi connectivity index (χ0) is 19.8. The molecule has 3 atom stereocenters. The Hall–Kier alpha value is -3.15. The molecule has 0 aromatic heterocycles. The largest absolute Gasteiger partial charge is 0.377 e. The van der Waals surface area contributed by atoms with Crippen LogP contribution < -0.4 is 10.6 Å². The topological polar surface area (TPSA) is 84.3 Å². The van der Waals surface area contributed by atoms with E-state index in [4.69, 9.17) is 0 Å². The number of allylic oxidation sites excluding steroid dienone is 2. The lowest BCUT2D eigenvalue weighted by atomic mass is 9.76. The molecule has 0 spiro atoms. The van der Waals surface area contributed by atoms with Gasteiger partial charge in [-0.25, -0.2) is 0 Å². The first-order chi connectivity index (χ1) is 13.5. The first-order valence-electron chi connectivity index (χ1n) is 9.57. The fourth-order valence-electron chi connectivity index (χ4n) is 4.31. The van der Waals surface area contributed by atoms with Crippen molar-refractivity contribution in [2.45, 2.75) is 38.3 Å². The van der Waals surface area contributed by atoms with Gasteiger partial charge in [0, 0.05) is 24.1 Å². The molecule has 1 heterocycles. The predicted octanol–water partition coefficient (Wildman–Crippen LogP) is 4.56. The van der Waals surface area contributed by atoms with E-state index in [1.165, 1.54) is 6.07 Å². The fraction of sp³-hybridized carbons (Fsp3) is 0.318. The molecule has 28 heavy (non-hydrogen) atoms. The molecule has 6 heteroatoms. The van der Waals surface area contributed by atoms with E-state index in [1.807, 2.05) is 32.0 Å². The maximum Gasteiger partial charge on any atom is 0.269 e. The Bertz CT molecular complexity index is 967. The number of nitro benzene ring substituents is 1. The number of carbonyl (C=O) groups is 1. The number of hydrogen-bond acceptors (Lipinski definition) is 4. The average molecular weight is 377 g/mol. The molecule has 0 bridgehead atoms. The average Bonchev–Trinajstić information content (AvgIpc) is 3.16. The number of nitrogens with zero attached hydrogens (tertiary/aromatic N) is 1. The molecule has 0 saturated carbocycles. The van der Waals surface area contributed by atoms with Crippen LogP contribution in [0.15, 0.2) is 54.6 Å². The predicted molar refractivity (Wildman–Crippen MR) is 108 cm³/mol. The van der Waals surface area contributed by atoms with E-state index >= 15 is 0 Å². The molecule has 2 N–H and O–H groups in total. The van der Waals surface area contributed by atoms with Crippen molar-refractivity contribution in [2.75, 3.05) is 5.32 Å². The summed E-state index contributed by atoms with van der Waals surface area (Å²) < 4.78 is 0. The summed E-state index contributed by atoms with van der Waals surface area (Å²) in [6.45, 7) is 3.87. The lowest BCUT2D eigenvalue weighted by Crippen LogP contribution is -2.34. The zero-order valence-corrected chi connectivity index (χ0v) is 15.9. The van der Waals surface area contributed by atoms with Gasteiger partial charge in [-0.2, -0.15) is 0 Å². The minimum atomic E-state index is -0.369. The summed E-state index contributed by atoms with van der Waals surface area (Å²) in [5, 5.41) is 17.7. The molecular formula is C22H23N3O3. The van der Waals surface area contributed by atoms with Gasteiger partial charge in [-0.1, -0.05) is 36.4 Å². The van der Waals surface area contributed by atoms with Crippen molar-refractivity contribution in [3.8, 4) is 0 Å². The number of rotatable bonds is 4. The first kappa shape index (κ1) is 18.2. The van der Waals surface area contributed by atoms with Crippen LogP contribution in [0.4, 0.5) is 11.4 Å². The highest BCUT2D eigenvalue weighted by molar-refractivity contribution is 6.01. The van der Waals surface area contributed by atoms with E-state index < -0.39 is 0 Å². The molecular weight excluding hydrogens is 354 g/mol. The van der Waals surface area contributed by atoms with Gasteiger partial charge in [0.25, 0.3) is 11.6 Å². The van der Waals surface area contributed by atoms with Crippen LogP contribution in [0, 0.1) is 16.0 Å². The van der Waals surface area contributed by atoms with E-state index in [9.17, 15) is 14.9 Å². The smallest absolute Gasteiger partial charge is 0.269 e. The normalized spacial score (nSPS) is 22.3. The summed E-state index contributed by atoms with van der Waals surface area (Å²) >= 11 is 0. The molecule has 6 nitrogen and oxygen atoms in total. The number of nitrogens with one attached hydrogen (secondary N) is 2. The van der Waals surface area contributed by atoms with Crippen molar-refractivity contribution in [3.05, 3.63) is 81.4 Å². The van der Waals surface area contributed by atoms with Gasteiger partial charge in [-0.05, 0) is 43.4 Å². The number of nitro groups is 1. The van der Waals surface area contributed by atoms with E-state index in [0.717, 1.165) is 23.2 Å². The second-order valence-electron chi connectivity index (χ2n) is 7.73. The Morgan fingerprint density at radius 3 is 2.79 bits per heavy atom. The van der Waals surface area contributed by atoms with E-state index in [-0.39, 0.29) is 40.4 Å². The molecule has 1 amide bonds. The number of non-ortho nitro benzene ring substituents is 1. The summed E-state index contributed by atoms with van der Waals surface area (Å²) in [7, 11) is 0. The summed E-state index contributed by atoms with van der Waals surface area (Å²) in [5.74, 6) is 0.336. The molecule has 2 aromatic carbocycles. The maximum atomic E-state index is 12.7. The molecule has 1 aliphatic heterocycles. The standard InChI is InChI=1S/C22H23N3O3/c1-13(2)23-22(26)19-11-5-10-18-16-8-4-9-17(16)20(24-21(18)19)14-6-3-7-15(12-14)25(27)28/h3-8,10-13,16-17,20,24H,9H2,1-2H3,(H,23,26). The number of amides is 1. The highest BCUT2D eigenvalue weighted by Crippen LogP contribution is 2.50. The summed E-state index contributed by atoms with van der Waals surface area (Å²) in [5.41, 5.74) is 3.50.